The first-order chi connectivity index (χ1) is 12.1. The highest BCUT2D eigenvalue weighted by molar-refractivity contribution is 5.97. The van der Waals surface area contributed by atoms with Crippen LogP contribution in [-0.2, 0) is 15.8 Å². The maximum absolute atomic E-state index is 12.8. The number of carboxylic acids is 1. The van der Waals surface area contributed by atoms with Crippen LogP contribution in [0, 0.1) is 23.7 Å². The molecule has 2 aliphatic carbocycles. The lowest BCUT2D eigenvalue weighted by atomic mass is 9.82. The number of halogens is 3. The Labute approximate surface area is 148 Å². The third kappa shape index (κ3) is 3.02. The van der Waals surface area contributed by atoms with E-state index < -0.39 is 41.4 Å². The smallest absolute Gasteiger partial charge is 0.416 e. The summed E-state index contributed by atoms with van der Waals surface area (Å²) in [6, 6.07) is 4.26. The van der Waals surface area contributed by atoms with E-state index in [0.29, 0.717) is 0 Å². The normalized spacial score (nSPS) is 26.9. The first kappa shape index (κ1) is 18.2. The van der Waals surface area contributed by atoms with E-state index >= 15 is 0 Å². The molecule has 1 aromatic rings. The van der Waals surface area contributed by atoms with Gasteiger partial charge in [-0.3, -0.25) is 4.79 Å². The lowest BCUT2D eigenvalue weighted by molar-refractivity contribution is -0.313. The zero-order chi connectivity index (χ0) is 19.2. The second-order valence-corrected chi connectivity index (χ2v) is 6.83. The number of alkyl halides is 3. The summed E-state index contributed by atoms with van der Waals surface area (Å²) >= 11 is 0. The van der Waals surface area contributed by atoms with Crippen molar-refractivity contribution in [3.05, 3.63) is 53.1 Å². The molecule has 1 amide bonds. The van der Waals surface area contributed by atoms with Gasteiger partial charge in [0.15, 0.2) is 0 Å². The van der Waals surface area contributed by atoms with Crippen LogP contribution in [-0.4, -0.2) is 11.9 Å². The van der Waals surface area contributed by atoms with E-state index in [-0.39, 0.29) is 11.6 Å². The van der Waals surface area contributed by atoms with Gasteiger partial charge in [0.1, 0.15) is 0 Å². The van der Waals surface area contributed by atoms with E-state index in [4.69, 9.17) is 0 Å². The average Bonchev–Trinajstić information content (AvgIpc) is 3.10. The zero-order valence-electron chi connectivity index (χ0n) is 14.1. The van der Waals surface area contributed by atoms with Gasteiger partial charge in [-0.1, -0.05) is 29.4 Å². The fourth-order valence-electron chi connectivity index (χ4n) is 4.03. The van der Waals surface area contributed by atoms with Crippen LogP contribution in [0.1, 0.15) is 19.4 Å². The van der Waals surface area contributed by atoms with Crippen LogP contribution in [0.4, 0.5) is 18.9 Å². The lowest BCUT2D eigenvalue weighted by Gasteiger charge is -2.27. The van der Waals surface area contributed by atoms with Crippen molar-refractivity contribution in [3.63, 3.8) is 0 Å². The fraction of sp³-hybridized carbons (Fsp3) is 0.368. The number of carbonyl (C=O) groups excluding carboxylic acids is 2. The van der Waals surface area contributed by atoms with Crippen molar-refractivity contribution in [3.8, 4) is 0 Å². The molecule has 0 radical (unpaired) electrons. The molecule has 0 heterocycles. The van der Waals surface area contributed by atoms with Gasteiger partial charge in [0.05, 0.1) is 11.5 Å². The Morgan fingerprint density at radius 1 is 1.08 bits per heavy atom. The lowest BCUT2D eigenvalue weighted by Crippen LogP contribution is -2.42. The summed E-state index contributed by atoms with van der Waals surface area (Å²) in [6.07, 6.45) is -0.969. The number of anilines is 1. The second-order valence-electron chi connectivity index (χ2n) is 6.83. The van der Waals surface area contributed by atoms with Gasteiger partial charge in [0.2, 0.25) is 5.91 Å². The molecule has 138 valence electrons. The Morgan fingerprint density at radius 2 is 1.69 bits per heavy atom. The number of rotatable bonds is 3. The van der Waals surface area contributed by atoms with E-state index in [1.54, 1.807) is 12.2 Å². The van der Waals surface area contributed by atoms with Crippen LogP contribution in [0.2, 0.25) is 0 Å². The summed E-state index contributed by atoms with van der Waals surface area (Å²) in [6.45, 7) is 3.70. The van der Waals surface area contributed by atoms with Gasteiger partial charge >= 0.3 is 6.18 Å². The number of carbonyl (C=O) groups is 2. The third-order valence-corrected chi connectivity index (χ3v) is 5.01. The van der Waals surface area contributed by atoms with Gasteiger partial charge in [0, 0.05) is 29.4 Å². The largest absolute Gasteiger partial charge is 0.550 e. The van der Waals surface area contributed by atoms with Crippen molar-refractivity contribution in [1.82, 2.24) is 0 Å². The Hall–Kier alpha value is -2.57. The van der Waals surface area contributed by atoms with E-state index in [1.807, 2.05) is 13.8 Å². The number of carboxylic acid groups (broad SMARTS) is 1. The molecule has 0 unspecified atom stereocenters. The van der Waals surface area contributed by atoms with E-state index in [0.717, 1.165) is 23.3 Å². The first-order valence-corrected chi connectivity index (χ1v) is 8.16. The molecule has 2 bridgehead atoms. The number of hydrogen-bond acceptors (Lipinski definition) is 3. The molecular formula is C19H17F3NO3-. The van der Waals surface area contributed by atoms with Gasteiger partial charge < -0.3 is 15.2 Å². The van der Waals surface area contributed by atoms with Crippen LogP contribution in [0.25, 0.3) is 0 Å². The average molecular weight is 364 g/mol. The predicted octanol–water partition coefficient (Wildman–Crippen LogP) is 2.78. The van der Waals surface area contributed by atoms with Crippen LogP contribution < -0.4 is 10.4 Å². The second kappa shape index (κ2) is 6.30. The summed E-state index contributed by atoms with van der Waals surface area (Å²) in [5, 5.41) is 14.1. The highest BCUT2D eigenvalue weighted by Crippen LogP contribution is 2.53. The molecule has 1 fully saturated rings. The molecule has 0 spiro atoms. The highest BCUT2D eigenvalue weighted by atomic mass is 19.4. The summed E-state index contributed by atoms with van der Waals surface area (Å²) in [5.74, 6) is -4.67. The Balaban J connectivity index is 1.89. The van der Waals surface area contributed by atoms with Crippen LogP contribution >= 0.6 is 0 Å². The maximum Gasteiger partial charge on any atom is 0.416 e. The van der Waals surface area contributed by atoms with Crippen molar-refractivity contribution in [2.24, 2.45) is 23.7 Å². The first-order valence-electron chi connectivity index (χ1n) is 8.16. The number of nitrogens with one attached hydrogen (secondary N) is 1. The summed E-state index contributed by atoms with van der Waals surface area (Å²) < 4.78 is 38.5. The van der Waals surface area contributed by atoms with E-state index in [2.05, 4.69) is 5.32 Å². The Kier molecular flexibility index (Phi) is 4.42. The van der Waals surface area contributed by atoms with Crippen LogP contribution in [0.5, 0.6) is 0 Å². The number of hydrogen-bond donors (Lipinski definition) is 1. The maximum atomic E-state index is 12.8. The van der Waals surface area contributed by atoms with Crippen molar-refractivity contribution >= 4 is 17.6 Å². The molecule has 0 aromatic heterocycles. The van der Waals surface area contributed by atoms with E-state index in [9.17, 15) is 27.9 Å². The molecule has 1 saturated carbocycles. The molecule has 2 aliphatic rings. The van der Waals surface area contributed by atoms with Crippen LogP contribution in [0.15, 0.2) is 47.6 Å². The molecular weight excluding hydrogens is 347 g/mol. The fourth-order valence-corrected chi connectivity index (χ4v) is 4.03. The van der Waals surface area contributed by atoms with Crippen molar-refractivity contribution in [1.29, 1.82) is 0 Å². The quantitative estimate of drug-likeness (QED) is 0.839. The number of allylic oxidation sites excluding steroid dienone is 4. The standard InChI is InChI=1S/C19H18F3NO3/c1-9(2)14-12-6-7-13(14)16(18(25)26)15(12)17(24)23-11-5-3-4-10(8-11)19(20,21)22/h3-8,12-13,15-16H,1-2H3,(H,23,24)(H,25,26)/p-1/t12-,13-,15+,16-/m0/s1. The Bertz CT molecular complexity index is 822. The molecule has 1 N–H and O–H groups in total. The number of amides is 1. The van der Waals surface area contributed by atoms with Crippen molar-refractivity contribution in [2.75, 3.05) is 5.32 Å². The monoisotopic (exact) mass is 364 g/mol. The minimum absolute atomic E-state index is 0.0209. The number of aliphatic carboxylic acids is 1. The topological polar surface area (TPSA) is 69.2 Å². The van der Waals surface area contributed by atoms with Crippen LogP contribution in [0.3, 0.4) is 0 Å². The Morgan fingerprint density at radius 3 is 2.23 bits per heavy atom. The molecule has 4 nitrogen and oxygen atoms in total. The SMILES string of the molecule is CC(C)=C1[C@@H]2C=C[C@@H]1[C@@H](C(=O)Nc1cccc(C(F)(F)F)c1)[C@H]2C(=O)[O-]. The molecule has 7 heteroatoms. The van der Waals surface area contributed by atoms with Gasteiger partial charge in [-0.25, -0.2) is 0 Å². The minimum Gasteiger partial charge on any atom is -0.550 e. The zero-order valence-corrected chi connectivity index (χ0v) is 14.1. The molecule has 0 saturated heterocycles. The number of fused-ring (bicyclic) bond motifs is 2. The van der Waals surface area contributed by atoms with Gasteiger partial charge in [-0.15, -0.1) is 0 Å². The predicted molar refractivity (Wildman–Crippen MR) is 86.6 cm³/mol. The number of benzene rings is 1. The molecule has 1 aromatic carbocycles. The molecule has 4 atom stereocenters. The van der Waals surface area contributed by atoms with E-state index in [1.165, 1.54) is 12.1 Å². The summed E-state index contributed by atoms with van der Waals surface area (Å²) in [4.78, 5) is 24.3. The van der Waals surface area contributed by atoms with Gasteiger partial charge in [-0.2, -0.15) is 13.2 Å². The molecule has 0 aliphatic heterocycles. The van der Waals surface area contributed by atoms with Crippen molar-refractivity contribution in [2.45, 2.75) is 20.0 Å². The third-order valence-electron chi connectivity index (χ3n) is 5.01. The van der Waals surface area contributed by atoms with Crippen molar-refractivity contribution < 1.29 is 27.9 Å². The highest BCUT2D eigenvalue weighted by Gasteiger charge is 2.52. The summed E-state index contributed by atoms with van der Waals surface area (Å²) in [5.41, 5.74) is 0.908. The minimum atomic E-state index is -4.53. The van der Waals surface area contributed by atoms with Gasteiger partial charge in [0.25, 0.3) is 0 Å². The van der Waals surface area contributed by atoms with Gasteiger partial charge in [-0.05, 0) is 32.0 Å². The molecule has 26 heavy (non-hydrogen) atoms. The molecule has 3 rings (SSSR count). The summed E-state index contributed by atoms with van der Waals surface area (Å²) in [7, 11) is 0.